The minimum absolute atomic E-state index is 0.0503. The van der Waals surface area contributed by atoms with Crippen LogP contribution < -0.4 is 5.73 Å². The fourth-order valence-corrected chi connectivity index (χ4v) is 3.14. The minimum atomic E-state index is -3.65. The number of primary amides is 1. The van der Waals surface area contributed by atoms with E-state index in [1.54, 1.807) is 21.0 Å². The number of carbonyl (C=O) groups excluding carboxylic acids is 1. The summed E-state index contributed by atoms with van der Waals surface area (Å²) in [5.41, 5.74) is 5.31. The number of carbonyl (C=O) groups is 1. The fraction of sp³-hybridized carbons (Fsp3) is 0.364. The Morgan fingerprint density at radius 3 is 2.39 bits per heavy atom. The highest BCUT2D eigenvalue weighted by Gasteiger charge is 2.25. The molecule has 2 N–H and O–H groups in total. The van der Waals surface area contributed by atoms with Crippen LogP contribution >= 0.6 is 0 Å². The van der Waals surface area contributed by atoms with Crippen molar-refractivity contribution in [2.45, 2.75) is 11.8 Å². The summed E-state index contributed by atoms with van der Waals surface area (Å²) >= 11 is 0. The summed E-state index contributed by atoms with van der Waals surface area (Å²) in [5, 5.41) is 1.48. The van der Waals surface area contributed by atoms with Crippen molar-refractivity contribution in [1.29, 1.82) is 0 Å². The van der Waals surface area contributed by atoms with E-state index in [1.165, 1.54) is 33.7 Å². The first kappa shape index (κ1) is 14.6. The van der Waals surface area contributed by atoms with Crippen LogP contribution in [0.3, 0.4) is 0 Å². The third-order valence-corrected chi connectivity index (χ3v) is 4.40. The molecule has 0 fully saturated rings. The molecule has 0 heterocycles. The zero-order valence-electron chi connectivity index (χ0n) is 10.6. The fourth-order valence-electron chi connectivity index (χ4n) is 1.60. The van der Waals surface area contributed by atoms with Gasteiger partial charge in [-0.3, -0.25) is 4.79 Å². The second kappa shape index (κ2) is 5.47. The van der Waals surface area contributed by atoms with E-state index in [0.29, 0.717) is 6.54 Å². The molecule has 1 aromatic carbocycles. The van der Waals surface area contributed by atoms with E-state index in [4.69, 9.17) is 5.73 Å². The number of sulfonamides is 1. The lowest BCUT2D eigenvalue weighted by atomic mass is 10.2. The molecular weight excluding hydrogens is 254 g/mol. The summed E-state index contributed by atoms with van der Waals surface area (Å²) < 4.78 is 25.8. The highest BCUT2D eigenvalue weighted by Crippen LogP contribution is 2.17. The molecule has 0 aromatic heterocycles. The van der Waals surface area contributed by atoms with Crippen molar-refractivity contribution in [3.63, 3.8) is 0 Å². The average Bonchev–Trinajstić information content (AvgIpc) is 2.29. The summed E-state index contributed by atoms with van der Waals surface area (Å²) in [6.07, 6.45) is 0. The first-order chi connectivity index (χ1) is 8.30. The predicted molar refractivity (Wildman–Crippen MR) is 68.2 cm³/mol. The van der Waals surface area contributed by atoms with Gasteiger partial charge in [-0.1, -0.05) is 6.07 Å². The number of amides is 1. The highest BCUT2D eigenvalue weighted by molar-refractivity contribution is 7.89. The van der Waals surface area contributed by atoms with Gasteiger partial charge in [-0.15, -0.1) is 4.41 Å². The maximum Gasteiger partial charge on any atom is 0.255 e. The van der Waals surface area contributed by atoms with Gasteiger partial charge in [0.1, 0.15) is 0 Å². The van der Waals surface area contributed by atoms with Crippen molar-refractivity contribution in [3.05, 3.63) is 29.8 Å². The first-order valence-corrected chi connectivity index (χ1v) is 6.84. The number of nitrogens with zero attached hydrogens (tertiary/aromatic N) is 2. The molecule has 1 amide bonds. The van der Waals surface area contributed by atoms with Crippen molar-refractivity contribution < 1.29 is 13.2 Å². The quantitative estimate of drug-likeness (QED) is 0.779. The molecule has 0 saturated carbocycles. The van der Waals surface area contributed by atoms with Crippen LogP contribution in [-0.4, -0.2) is 44.4 Å². The van der Waals surface area contributed by atoms with Gasteiger partial charge >= 0.3 is 0 Å². The van der Waals surface area contributed by atoms with Crippen LogP contribution in [0.4, 0.5) is 0 Å². The summed E-state index contributed by atoms with van der Waals surface area (Å²) in [7, 11) is -0.379. The molecule has 0 aliphatic heterocycles. The standard InChI is InChI=1S/C11H17N3O3S/c1-4-14(13(2)3)18(16,17)10-7-5-6-9(8-10)11(12)15/h5-8H,4H2,1-3H3,(H2,12,15). The molecule has 0 saturated heterocycles. The lowest BCUT2D eigenvalue weighted by molar-refractivity contribution is 0.1000. The minimum Gasteiger partial charge on any atom is -0.366 e. The first-order valence-electron chi connectivity index (χ1n) is 5.40. The van der Waals surface area contributed by atoms with Crippen LogP contribution in [0.2, 0.25) is 0 Å². The normalized spacial score (nSPS) is 12.1. The highest BCUT2D eigenvalue weighted by atomic mass is 32.2. The molecule has 0 aliphatic rings. The maximum absolute atomic E-state index is 12.3. The number of benzene rings is 1. The van der Waals surface area contributed by atoms with E-state index < -0.39 is 15.9 Å². The van der Waals surface area contributed by atoms with E-state index in [0.717, 1.165) is 0 Å². The Morgan fingerprint density at radius 1 is 1.33 bits per heavy atom. The maximum atomic E-state index is 12.3. The molecule has 7 heteroatoms. The van der Waals surface area contributed by atoms with Gasteiger partial charge in [0.15, 0.2) is 0 Å². The Morgan fingerprint density at radius 2 is 1.94 bits per heavy atom. The summed E-state index contributed by atoms with van der Waals surface area (Å²) in [6.45, 7) is 2.03. The van der Waals surface area contributed by atoms with Crippen LogP contribution in [-0.2, 0) is 10.0 Å². The van der Waals surface area contributed by atoms with Crippen molar-refractivity contribution in [2.24, 2.45) is 5.73 Å². The Labute approximate surface area is 107 Å². The average molecular weight is 271 g/mol. The van der Waals surface area contributed by atoms with Crippen LogP contribution in [0.5, 0.6) is 0 Å². The van der Waals surface area contributed by atoms with Gasteiger partial charge in [0, 0.05) is 26.2 Å². The molecule has 0 unspecified atom stereocenters. The lowest BCUT2D eigenvalue weighted by Gasteiger charge is -2.26. The van der Waals surface area contributed by atoms with Gasteiger partial charge in [-0.25, -0.2) is 13.4 Å². The number of hydrazine groups is 1. The van der Waals surface area contributed by atoms with Crippen LogP contribution in [0.15, 0.2) is 29.2 Å². The smallest absolute Gasteiger partial charge is 0.255 e. The van der Waals surface area contributed by atoms with Crippen molar-refractivity contribution in [3.8, 4) is 0 Å². The van der Waals surface area contributed by atoms with Crippen molar-refractivity contribution in [1.82, 2.24) is 9.42 Å². The molecule has 0 radical (unpaired) electrons. The van der Waals surface area contributed by atoms with Gasteiger partial charge in [0.05, 0.1) is 4.90 Å². The van der Waals surface area contributed by atoms with Crippen LogP contribution in [0, 0.1) is 0 Å². The number of hydrogen-bond donors (Lipinski definition) is 1. The van der Waals surface area contributed by atoms with E-state index in [-0.39, 0.29) is 10.5 Å². The van der Waals surface area contributed by atoms with Crippen molar-refractivity contribution in [2.75, 3.05) is 20.6 Å². The van der Waals surface area contributed by atoms with E-state index >= 15 is 0 Å². The zero-order valence-corrected chi connectivity index (χ0v) is 11.4. The molecule has 18 heavy (non-hydrogen) atoms. The molecule has 0 spiro atoms. The van der Waals surface area contributed by atoms with Gasteiger partial charge in [-0.2, -0.15) is 0 Å². The molecule has 0 bridgehead atoms. The molecule has 100 valence electrons. The Balaban J connectivity index is 3.28. The number of rotatable bonds is 5. The Kier molecular flexibility index (Phi) is 4.44. The third-order valence-electron chi connectivity index (χ3n) is 2.41. The Hall–Kier alpha value is -1.44. The second-order valence-electron chi connectivity index (χ2n) is 3.88. The van der Waals surface area contributed by atoms with E-state index in [1.807, 2.05) is 0 Å². The van der Waals surface area contributed by atoms with Gasteiger partial charge < -0.3 is 5.73 Å². The number of nitrogens with two attached hydrogens (primary N) is 1. The molecule has 0 atom stereocenters. The molecule has 1 rings (SSSR count). The van der Waals surface area contributed by atoms with Gasteiger partial charge in [0.2, 0.25) is 5.91 Å². The van der Waals surface area contributed by atoms with E-state index in [2.05, 4.69) is 0 Å². The SMILES string of the molecule is CCN(N(C)C)S(=O)(=O)c1cccc(C(N)=O)c1. The largest absolute Gasteiger partial charge is 0.366 e. The van der Waals surface area contributed by atoms with Crippen LogP contribution in [0.25, 0.3) is 0 Å². The molecule has 6 nitrogen and oxygen atoms in total. The summed E-state index contributed by atoms with van der Waals surface area (Å²) in [5.74, 6) is -0.653. The lowest BCUT2D eigenvalue weighted by Crippen LogP contribution is -2.41. The zero-order chi connectivity index (χ0) is 13.9. The molecular formula is C11H17N3O3S. The Bertz CT molecular complexity index is 540. The topological polar surface area (TPSA) is 83.7 Å². The monoisotopic (exact) mass is 271 g/mol. The molecule has 1 aromatic rings. The summed E-state index contributed by atoms with van der Waals surface area (Å²) in [4.78, 5) is 11.1. The predicted octanol–water partition coefficient (Wildman–Crippen LogP) is 0.273. The third kappa shape index (κ3) is 2.87. The van der Waals surface area contributed by atoms with Gasteiger partial charge in [0.25, 0.3) is 10.0 Å². The van der Waals surface area contributed by atoms with E-state index in [9.17, 15) is 13.2 Å². The molecule has 0 aliphatic carbocycles. The van der Waals surface area contributed by atoms with Crippen molar-refractivity contribution >= 4 is 15.9 Å². The van der Waals surface area contributed by atoms with Gasteiger partial charge in [-0.05, 0) is 25.1 Å². The summed E-state index contributed by atoms with van der Waals surface area (Å²) in [6, 6.07) is 5.70. The van der Waals surface area contributed by atoms with Crippen LogP contribution in [0.1, 0.15) is 17.3 Å². The number of hydrogen-bond acceptors (Lipinski definition) is 4. The second-order valence-corrected chi connectivity index (χ2v) is 5.73.